The Bertz CT molecular complexity index is 639. The van der Waals surface area contributed by atoms with E-state index in [9.17, 15) is 8.42 Å². The fraction of sp³-hybridized carbons (Fsp3) is 0.562. The topological polar surface area (TPSA) is 70.0 Å². The zero-order chi connectivity index (χ0) is 15.5. The molecule has 1 aromatic carbocycles. The summed E-state index contributed by atoms with van der Waals surface area (Å²) < 4.78 is 27.5. The molecular weight excluding hydrogens is 284 g/mol. The van der Waals surface area contributed by atoms with Crippen LogP contribution in [-0.2, 0) is 10.0 Å². The van der Waals surface area contributed by atoms with Crippen LogP contribution in [0.25, 0.3) is 0 Å². The van der Waals surface area contributed by atoms with Crippen LogP contribution >= 0.6 is 0 Å². The van der Waals surface area contributed by atoms with Crippen molar-refractivity contribution in [1.82, 2.24) is 4.72 Å². The third kappa shape index (κ3) is 4.05. The van der Waals surface area contributed by atoms with E-state index in [0.29, 0.717) is 23.6 Å². The Morgan fingerprint density at radius 2 is 1.95 bits per heavy atom. The van der Waals surface area contributed by atoms with Gasteiger partial charge in [0.15, 0.2) is 0 Å². The van der Waals surface area contributed by atoms with Crippen LogP contribution in [0.5, 0.6) is 0 Å². The van der Waals surface area contributed by atoms with Crippen molar-refractivity contribution >= 4 is 10.0 Å². The molecular formula is C16H22N2O2S. The molecule has 2 rings (SSSR count). The van der Waals surface area contributed by atoms with E-state index in [-0.39, 0.29) is 4.90 Å². The number of nitriles is 1. The third-order valence-electron chi connectivity index (χ3n) is 4.30. The Morgan fingerprint density at radius 3 is 2.57 bits per heavy atom. The molecule has 21 heavy (non-hydrogen) atoms. The van der Waals surface area contributed by atoms with Gasteiger partial charge in [0.25, 0.3) is 0 Å². The van der Waals surface area contributed by atoms with Crippen molar-refractivity contribution < 1.29 is 8.42 Å². The summed E-state index contributed by atoms with van der Waals surface area (Å²) in [6.07, 6.45) is 4.52. The third-order valence-corrected chi connectivity index (χ3v) is 5.87. The van der Waals surface area contributed by atoms with Crippen LogP contribution in [-0.4, -0.2) is 15.0 Å². The van der Waals surface area contributed by atoms with E-state index >= 15 is 0 Å². The van der Waals surface area contributed by atoms with Gasteiger partial charge in [-0.05, 0) is 49.3 Å². The van der Waals surface area contributed by atoms with E-state index in [1.165, 1.54) is 18.9 Å². The summed E-state index contributed by atoms with van der Waals surface area (Å²) in [6.45, 7) is 4.49. The maximum Gasteiger partial charge on any atom is 0.240 e. The van der Waals surface area contributed by atoms with E-state index < -0.39 is 10.0 Å². The second kappa shape index (κ2) is 6.59. The monoisotopic (exact) mass is 306 g/mol. The summed E-state index contributed by atoms with van der Waals surface area (Å²) >= 11 is 0. The summed E-state index contributed by atoms with van der Waals surface area (Å²) in [4.78, 5) is 0.214. The predicted molar refractivity (Wildman–Crippen MR) is 82.2 cm³/mol. The molecule has 1 saturated carbocycles. The number of aryl methyl sites for hydroxylation is 1. The summed E-state index contributed by atoms with van der Waals surface area (Å²) in [7, 11) is -3.54. The first kappa shape index (κ1) is 16.0. The van der Waals surface area contributed by atoms with Crippen LogP contribution in [0.2, 0.25) is 0 Å². The molecule has 114 valence electrons. The highest BCUT2D eigenvalue weighted by atomic mass is 32.2. The standard InChI is InChI=1S/C16H22N2O2S/c1-12-3-6-14(7-4-12)11-18-21(19,20)16-9-15(10-17)8-5-13(16)2/h5,8-9,12,14,18H,3-4,6-7,11H2,1-2H3. The summed E-state index contributed by atoms with van der Waals surface area (Å²) in [5.41, 5.74) is 1.03. The fourth-order valence-corrected chi connectivity index (χ4v) is 4.18. The average Bonchev–Trinajstić information content (AvgIpc) is 2.47. The number of hydrogen-bond donors (Lipinski definition) is 1. The van der Waals surface area contributed by atoms with Gasteiger partial charge in [-0.3, -0.25) is 0 Å². The first-order chi connectivity index (χ1) is 9.92. The Balaban J connectivity index is 2.07. The first-order valence-electron chi connectivity index (χ1n) is 7.43. The maximum atomic E-state index is 12.4. The van der Waals surface area contributed by atoms with E-state index in [1.54, 1.807) is 19.1 Å². The lowest BCUT2D eigenvalue weighted by atomic mass is 9.83. The van der Waals surface area contributed by atoms with Gasteiger partial charge >= 0.3 is 0 Å². The van der Waals surface area contributed by atoms with E-state index in [0.717, 1.165) is 18.8 Å². The van der Waals surface area contributed by atoms with Gasteiger partial charge in [0, 0.05) is 6.54 Å². The smallest absolute Gasteiger partial charge is 0.211 e. The van der Waals surface area contributed by atoms with Crippen molar-refractivity contribution in [2.45, 2.75) is 44.4 Å². The SMILES string of the molecule is Cc1ccc(C#N)cc1S(=O)(=O)NCC1CCC(C)CC1. The van der Waals surface area contributed by atoms with Crippen LogP contribution in [0.3, 0.4) is 0 Å². The number of rotatable bonds is 4. The number of sulfonamides is 1. The fourth-order valence-electron chi connectivity index (χ4n) is 2.80. The molecule has 0 unspecified atom stereocenters. The highest BCUT2D eigenvalue weighted by Gasteiger charge is 2.22. The Morgan fingerprint density at radius 1 is 1.29 bits per heavy atom. The van der Waals surface area contributed by atoms with E-state index in [4.69, 9.17) is 5.26 Å². The molecule has 0 radical (unpaired) electrons. The van der Waals surface area contributed by atoms with Gasteiger partial charge in [0.1, 0.15) is 0 Å². The van der Waals surface area contributed by atoms with Gasteiger partial charge < -0.3 is 0 Å². The van der Waals surface area contributed by atoms with E-state index in [1.807, 2.05) is 6.07 Å². The molecule has 0 aromatic heterocycles. The lowest BCUT2D eigenvalue weighted by Crippen LogP contribution is -2.31. The molecule has 0 bridgehead atoms. The molecule has 0 heterocycles. The minimum atomic E-state index is -3.54. The van der Waals surface area contributed by atoms with Gasteiger partial charge in [-0.25, -0.2) is 13.1 Å². The largest absolute Gasteiger partial charge is 0.240 e. The van der Waals surface area contributed by atoms with Crippen molar-refractivity contribution in [2.75, 3.05) is 6.54 Å². The first-order valence-corrected chi connectivity index (χ1v) is 8.91. The van der Waals surface area contributed by atoms with Crippen LogP contribution in [0, 0.1) is 30.1 Å². The second-order valence-corrected chi connectivity index (χ2v) is 7.81. The van der Waals surface area contributed by atoms with Crippen molar-refractivity contribution in [1.29, 1.82) is 5.26 Å². The van der Waals surface area contributed by atoms with Gasteiger partial charge in [0.05, 0.1) is 16.5 Å². The lowest BCUT2D eigenvalue weighted by Gasteiger charge is -2.26. The lowest BCUT2D eigenvalue weighted by molar-refractivity contribution is 0.290. The van der Waals surface area contributed by atoms with Crippen molar-refractivity contribution in [3.63, 3.8) is 0 Å². The van der Waals surface area contributed by atoms with Gasteiger partial charge in [-0.1, -0.05) is 25.8 Å². The van der Waals surface area contributed by atoms with Crippen LogP contribution in [0.4, 0.5) is 0 Å². The van der Waals surface area contributed by atoms with E-state index in [2.05, 4.69) is 11.6 Å². The summed E-state index contributed by atoms with van der Waals surface area (Å²) in [5, 5.41) is 8.91. The molecule has 0 amide bonds. The molecule has 1 aliphatic carbocycles. The number of hydrogen-bond acceptors (Lipinski definition) is 3. The minimum absolute atomic E-state index is 0.214. The predicted octanol–water partition coefficient (Wildman–Crippen LogP) is 2.97. The molecule has 1 aliphatic rings. The van der Waals surface area contributed by atoms with Crippen molar-refractivity contribution in [2.24, 2.45) is 11.8 Å². The maximum absolute atomic E-state index is 12.4. The van der Waals surface area contributed by atoms with Gasteiger partial charge in [-0.15, -0.1) is 0 Å². The van der Waals surface area contributed by atoms with Crippen LogP contribution in [0.15, 0.2) is 23.1 Å². The molecule has 1 N–H and O–H groups in total. The summed E-state index contributed by atoms with van der Waals surface area (Å²) in [6, 6.07) is 6.74. The van der Waals surface area contributed by atoms with Crippen LogP contribution < -0.4 is 4.72 Å². The Labute approximate surface area is 127 Å². The average molecular weight is 306 g/mol. The molecule has 5 heteroatoms. The summed E-state index contributed by atoms with van der Waals surface area (Å²) in [5.74, 6) is 1.18. The molecule has 0 saturated heterocycles. The number of nitrogens with zero attached hydrogens (tertiary/aromatic N) is 1. The quantitative estimate of drug-likeness (QED) is 0.929. The zero-order valence-electron chi connectivity index (χ0n) is 12.6. The highest BCUT2D eigenvalue weighted by Crippen LogP contribution is 2.28. The molecule has 0 spiro atoms. The zero-order valence-corrected chi connectivity index (χ0v) is 13.4. The molecule has 0 atom stereocenters. The number of benzene rings is 1. The second-order valence-electron chi connectivity index (χ2n) is 6.07. The minimum Gasteiger partial charge on any atom is -0.211 e. The van der Waals surface area contributed by atoms with Gasteiger partial charge in [0.2, 0.25) is 10.0 Å². The Hall–Kier alpha value is -1.38. The number of nitrogens with one attached hydrogen (secondary N) is 1. The molecule has 1 fully saturated rings. The Kier molecular flexibility index (Phi) is 5.02. The molecule has 0 aliphatic heterocycles. The van der Waals surface area contributed by atoms with Gasteiger partial charge in [-0.2, -0.15) is 5.26 Å². The normalized spacial score (nSPS) is 22.7. The highest BCUT2D eigenvalue weighted by molar-refractivity contribution is 7.89. The molecule has 1 aromatic rings. The molecule has 4 nitrogen and oxygen atoms in total. The van der Waals surface area contributed by atoms with Crippen molar-refractivity contribution in [3.8, 4) is 6.07 Å². The van der Waals surface area contributed by atoms with Crippen LogP contribution in [0.1, 0.15) is 43.7 Å². The van der Waals surface area contributed by atoms with Crippen molar-refractivity contribution in [3.05, 3.63) is 29.3 Å².